The summed E-state index contributed by atoms with van der Waals surface area (Å²) in [4.78, 5) is 12.2. The van der Waals surface area contributed by atoms with Crippen LogP contribution in [0.3, 0.4) is 0 Å². The molecule has 6 nitrogen and oxygen atoms in total. The number of nitrogens with zero attached hydrogens (tertiary/aromatic N) is 1. The maximum atomic E-state index is 12.5. The molecule has 0 atom stereocenters. The molecule has 1 saturated heterocycles. The number of halogens is 3. The van der Waals surface area contributed by atoms with Gasteiger partial charge in [0, 0.05) is 31.2 Å². The van der Waals surface area contributed by atoms with Gasteiger partial charge in [-0.1, -0.05) is 25.1 Å². The van der Waals surface area contributed by atoms with Crippen LogP contribution < -0.4 is 10.6 Å². The van der Waals surface area contributed by atoms with Crippen LogP contribution in [0.4, 0.5) is 23.7 Å². The number of sulfonamides is 1. The molecule has 0 unspecified atom stereocenters. The molecule has 1 fully saturated rings. The van der Waals surface area contributed by atoms with Gasteiger partial charge >= 0.3 is 12.2 Å². The number of hydrogen-bond donors (Lipinski definition) is 2. The third-order valence-electron chi connectivity index (χ3n) is 4.59. The molecule has 0 bridgehead atoms. The number of para-hydroxylation sites is 1. The predicted molar refractivity (Wildman–Crippen MR) is 102 cm³/mol. The number of piperidine rings is 1. The molecule has 2 N–H and O–H groups in total. The molecule has 0 aromatic heterocycles. The standard InChI is InChI=1S/C18H26F3N3O3S/c1-2-13-28(26,27)24-11-8-15(9-12-24)22-17(25)23-16-6-4-3-5-14(16)7-10-18(19,20)21/h3-6,15H,2,7-13H2,1H3,(H2,22,23,25). The minimum absolute atomic E-state index is 0.111. The summed E-state index contributed by atoms with van der Waals surface area (Å²) in [6.45, 7) is 2.49. The van der Waals surface area contributed by atoms with E-state index in [9.17, 15) is 26.4 Å². The number of anilines is 1. The Hall–Kier alpha value is -1.81. The van der Waals surface area contributed by atoms with Crippen LogP contribution in [0.5, 0.6) is 0 Å². The fourth-order valence-electron chi connectivity index (χ4n) is 3.15. The second-order valence-electron chi connectivity index (χ2n) is 6.86. The van der Waals surface area contributed by atoms with Crippen molar-refractivity contribution in [2.45, 2.75) is 51.2 Å². The summed E-state index contributed by atoms with van der Waals surface area (Å²) in [5.41, 5.74) is 0.752. The average molecular weight is 421 g/mol. The highest BCUT2D eigenvalue weighted by molar-refractivity contribution is 7.89. The lowest BCUT2D eigenvalue weighted by atomic mass is 10.1. The molecule has 28 heavy (non-hydrogen) atoms. The van der Waals surface area contributed by atoms with E-state index < -0.39 is 28.7 Å². The molecule has 1 aromatic rings. The van der Waals surface area contributed by atoms with Crippen LogP contribution in [0.25, 0.3) is 0 Å². The summed E-state index contributed by atoms with van der Waals surface area (Å²) in [6, 6.07) is 5.69. The van der Waals surface area contributed by atoms with Gasteiger partial charge in [-0.2, -0.15) is 13.2 Å². The molecule has 10 heteroatoms. The van der Waals surface area contributed by atoms with E-state index in [0.717, 1.165) is 0 Å². The van der Waals surface area contributed by atoms with Gasteiger partial charge in [-0.05, 0) is 37.3 Å². The summed E-state index contributed by atoms with van der Waals surface area (Å²) in [5.74, 6) is 0.111. The van der Waals surface area contributed by atoms with E-state index in [1.807, 2.05) is 6.92 Å². The van der Waals surface area contributed by atoms with Gasteiger partial charge in [0.25, 0.3) is 0 Å². The Labute approximate surface area is 163 Å². The number of nitrogens with one attached hydrogen (secondary N) is 2. The second-order valence-corrected chi connectivity index (χ2v) is 8.95. The third-order valence-corrected chi connectivity index (χ3v) is 6.66. The summed E-state index contributed by atoms with van der Waals surface area (Å²) in [7, 11) is -3.24. The molecule has 1 heterocycles. The highest BCUT2D eigenvalue weighted by Gasteiger charge is 2.29. The first-order chi connectivity index (χ1) is 13.1. The number of aryl methyl sites for hydroxylation is 1. The Balaban J connectivity index is 1.87. The Bertz CT molecular complexity index is 761. The molecule has 0 saturated carbocycles. The van der Waals surface area contributed by atoms with E-state index in [4.69, 9.17) is 0 Å². The Kier molecular flexibility index (Phi) is 7.70. The smallest absolute Gasteiger partial charge is 0.335 e. The van der Waals surface area contributed by atoms with Crippen molar-refractivity contribution in [3.8, 4) is 0 Å². The van der Waals surface area contributed by atoms with Crippen molar-refractivity contribution in [2.75, 3.05) is 24.2 Å². The van der Waals surface area contributed by atoms with Crippen molar-refractivity contribution >= 4 is 21.7 Å². The Morgan fingerprint density at radius 1 is 1.21 bits per heavy atom. The number of benzene rings is 1. The van der Waals surface area contributed by atoms with Crippen LogP contribution in [0.15, 0.2) is 24.3 Å². The monoisotopic (exact) mass is 421 g/mol. The van der Waals surface area contributed by atoms with Crippen molar-refractivity contribution in [2.24, 2.45) is 0 Å². The minimum Gasteiger partial charge on any atom is -0.335 e. The zero-order valence-corrected chi connectivity index (χ0v) is 16.6. The molecule has 0 spiro atoms. The van der Waals surface area contributed by atoms with E-state index in [0.29, 0.717) is 43.6 Å². The zero-order chi connectivity index (χ0) is 20.8. The second kappa shape index (κ2) is 9.60. The van der Waals surface area contributed by atoms with E-state index in [1.54, 1.807) is 24.3 Å². The van der Waals surface area contributed by atoms with Gasteiger partial charge in [-0.3, -0.25) is 0 Å². The average Bonchev–Trinajstić information content (AvgIpc) is 2.60. The minimum atomic E-state index is -4.26. The molecule has 0 aliphatic carbocycles. The van der Waals surface area contributed by atoms with Crippen LogP contribution in [0, 0.1) is 0 Å². The van der Waals surface area contributed by atoms with Crippen LogP contribution in [-0.2, 0) is 16.4 Å². The van der Waals surface area contributed by atoms with Crippen LogP contribution in [-0.4, -0.2) is 49.8 Å². The quantitative estimate of drug-likeness (QED) is 0.707. The highest BCUT2D eigenvalue weighted by Crippen LogP contribution is 2.25. The normalized spacial score (nSPS) is 16.7. The van der Waals surface area contributed by atoms with Crippen LogP contribution in [0.1, 0.15) is 38.2 Å². The Morgan fingerprint density at radius 3 is 2.46 bits per heavy atom. The van der Waals surface area contributed by atoms with E-state index in [-0.39, 0.29) is 18.2 Å². The summed E-state index contributed by atoms with van der Waals surface area (Å²) < 4.78 is 63.0. The van der Waals surface area contributed by atoms with Gasteiger partial charge in [0.15, 0.2) is 0 Å². The van der Waals surface area contributed by atoms with Crippen LogP contribution >= 0.6 is 0 Å². The van der Waals surface area contributed by atoms with Crippen molar-refractivity contribution < 1.29 is 26.4 Å². The first-order valence-corrected chi connectivity index (χ1v) is 10.9. The molecular weight excluding hydrogens is 395 g/mol. The maximum absolute atomic E-state index is 12.5. The SMILES string of the molecule is CCCS(=O)(=O)N1CCC(NC(=O)Nc2ccccc2CCC(F)(F)F)CC1. The van der Waals surface area contributed by atoms with E-state index in [1.165, 1.54) is 4.31 Å². The molecular formula is C18H26F3N3O3S. The number of alkyl halides is 3. The molecule has 1 aliphatic rings. The molecule has 1 aliphatic heterocycles. The van der Waals surface area contributed by atoms with Crippen molar-refractivity contribution in [1.29, 1.82) is 0 Å². The summed E-state index contributed by atoms with van der Waals surface area (Å²) in [5, 5.41) is 5.38. The zero-order valence-electron chi connectivity index (χ0n) is 15.8. The van der Waals surface area contributed by atoms with E-state index >= 15 is 0 Å². The van der Waals surface area contributed by atoms with Crippen molar-refractivity contribution in [1.82, 2.24) is 9.62 Å². The fourth-order valence-corrected chi connectivity index (χ4v) is 4.69. The van der Waals surface area contributed by atoms with Crippen LogP contribution in [0.2, 0.25) is 0 Å². The Morgan fingerprint density at radius 2 is 1.86 bits per heavy atom. The lowest BCUT2D eigenvalue weighted by molar-refractivity contribution is -0.133. The van der Waals surface area contributed by atoms with Gasteiger partial charge in [0.05, 0.1) is 5.75 Å². The lowest BCUT2D eigenvalue weighted by Gasteiger charge is -2.31. The summed E-state index contributed by atoms with van der Waals surface area (Å²) >= 11 is 0. The largest absolute Gasteiger partial charge is 0.389 e. The molecule has 1 aromatic carbocycles. The maximum Gasteiger partial charge on any atom is 0.389 e. The fraction of sp³-hybridized carbons (Fsp3) is 0.611. The van der Waals surface area contributed by atoms with Gasteiger partial charge in [0.1, 0.15) is 0 Å². The highest BCUT2D eigenvalue weighted by atomic mass is 32.2. The number of amides is 2. The van der Waals surface area contributed by atoms with Gasteiger partial charge in [-0.25, -0.2) is 17.5 Å². The number of rotatable bonds is 7. The molecule has 2 amide bonds. The lowest BCUT2D eigenvalue weighted by Crippen LogP contribution is -2.48. The molecule has 2 rings (SSSR count). The number of urea groups is 1. The first kappa shape index (κ1) is 22.5. The van der Waals surface area contributed by atoms with Gasteiger partial charge < -0.3 is 10.6 Å². The predicted octanol–water partition coefficient (Wildman–Crippen LogP) is 3.51. The van der Waals surface area contributed by atoms with Gasteiger partial charge in [0.2, 0.25) is 10.0 Å². The van der Waals surface area contributed by atoms with Crippen molar-refractivity contribution in [3.63, 3.8) is 0 Å². The first-order valence-electron chi connectivity index (χ1n) is 9.30. The number of carbonyl (C=O) groups is 1. The topological polar surface area (TPSA) is 78.5 Å². The third kappa shape index (κ3) is 6.97. The molecule has 158 valence electrons. The van der Waals surface area contributed by atoms with Gasteiger partial charge in [-0.15, -0.1) is 0 Å². The van der Waals surface area contributed by atoms with Crippen molar-refractivity contribution in [3.05, 3.63) is 29.8 Å². The summed E-state index contributed by atoms with van der Waals surface area (Å²) in [6.07, 6.45) is -3.90. The number of hydrogen-bond acceptors (Lipinski definition) is 3. The molecule has 0 radical (unpaired) electrons. The number of carbonyl (C=O) groups excluding carboxylic acids is 1. The van der Waals surface area contributed by atoms with E-state index in [2.05, 4.69) is 10.6 Å².